The van der Waals surface area contributed by atoms with Gasteiger partial charge in [-0.1, -0.05) is 78.9 Å². The molecule has 8 rings (SSSR count). The Labute approximate surface area is 189 Å². The van der Waals surface area contributed by atoms with Gasteiger partial charge in [0.15, 0.2) is 0 Å². The number of nitrogens with zero attached hydrogens (tertiary/aromatic N) is 2. The lowest BCUT2D eigenvalue weighted by Crippen LogP contribution is -1.94. The third-order valence-electron chi connectivity index (χ3n) is 7.12. The van der Waals surface area contributed by atoms with Gasteiger partial charge in [-0.05, 0) is 51.6 Å². The van der Waals surface area contributed by atoms with Crippen molar-refractivity contribution < 1.29 is 0 Å². The number of benzene rings is 5. The third kappa shape index (κ3) is 2.20. The fraction of sp³-hybridized carbons (Fsp3) is 0. The van der Waals surface area contributed by atoms with Crippen molar-refractivity contribution in [1.29, 1.82) is 0 Å². The Morgan fingerprint density at radius 1 is 0.515 bits per heavy atom. The topological polar surface area (TPSA) is 17.3 Å². The summed E-state index contributed by atoms with van der Waals surface area (Å²) in [7, 11) is 0. The van der Waals surface area contributed by atoms with Gasteiger partial charge in [-0.25, -0.2) is 0 Å². The summed E-state index contributed by atoms with van der Waals surface area (Å²) in [5, 5.41) is 8.73. The minimum absolute atomic E-state index is 1.08. The zero-order valence-corrected chi connectivity index (χ0v) is 17.8. The van der Waals surface area contributed by atoms with Gasteiger partial charge < -0.3 is 4.40 Å². The average molecular weight is 418 g/mol. The summed E-state index contributed by atoms with van der Waals surface area (Å²) in [5.74, 6) is 0. The number of pyridine rings is 2. The molecule has 0 saturated carbocycles. The molecule has 0 amide bonds. The number of hydrogen-bond acceptors (Lipinski definition) is 1. The molecular formula is C31H18N2. The first-order valence-corrected chi connectivity index (χ1v) is 11.3. The highest BCUT2D eigenvalue weighted by molar-refractivity contribution is 6.28. The van der Waals surface area contributed by atoms with Gasteiger partial charge in [-0.2, -0.15) is 0 Å². The van der Waals surface area contributed by atoms with E-state index in [4.69, 9.17) is 4.98 Å². The second-order valence-corrected chi connectivity index (χ2v) is 8.87. The molecule has 0 saturated heterocycles. The van der Waals surface area contributed by atoms with Crippen molar-refractivity contribution in [2.75, 3.05) is 0 Å². The number of aromatic nitrogens is 2. The fourth-order valence-electron chi connectivity index (χ4n) is 5.63. The van der Waals surface area contributed by atoms with E-state index in [2.05, 4.69) is 108 Å². The van der Waals surface area contributed by atoms with Gasteiger partial charge in [0.1, 0.15) is 0 Å². The van der Waals surface area contributed by atoms with E-state index >= 15 is 0 Å². The Morgan fingerprint density at radius 3 is 2.15 bits per heavy atom. The van der Waals surface area contributed by atoms with Gasteiger partial charge in [0.05, 0.1) is 22.1 Å². The van der Waals surface area contributed by atoms with Gasteiger partial charge in [0.25, 0.3) is 0 Å². The predicted octanol–water partition coefficient (Wildman–Crippen LogP) is 8.21. The molecular weight excluding hydrogens is 400 g/mol. The van der Waals surface area contributed by atoms with E-state index < -0.39 is 0 Å². The normalized spacial score (nSPS) is 12.2. The van der Waals surface area contributed by atoms with Gasteiger partial charge in [-0.15, -0.1) is 0 Å². The first-order valence-electron chi connectivity index (χ1n) is 11.3. The van der Waals surface area contributed by atoms with E-state index in [-0.39, 0.29) is 0 Å². The van der Waals surface area contributed by atoms with Crippen LogP contribution in [0.25, 0.3) is 70.9 Å². The molecule has 33 heavy (non-hydrogen) atoms. The van der Waals surface area contributed by atoms with Gasteiger partial charge in [0.2, 0.25) is 0 Å². The molecule has 0 radical (unpaired) electrons. The summed E-state index contributed by atoms with van der Waals surface area (Å²) in [6, 6.07) is 37.4. The minimum Gasteiger partial charge on any atom is -0.308 e. The van der Waals surface area contributed by atoms with Gasteiger partial charge in [0, 0.05) is 27.7 Å². The molecule has 152 valence electrons. The van der Waals surface area contributed by atoms with Crippen LogP contribution >= 0.6 is 0 Å². The Hall–Kier alpha value is -4.43. The summed E-state index contributed by atoms with van der Waals surface area (Å²) in [5.41, 5.74) is 7.26. The molecule has 3 heterocycles. The van der Waals surface area contributed by atoms with Crippen LogP contribution in [0.2, 0.25) is 0 Å². The van der Waals surface area contributed by atoms with Gasteiger partial charge in [-0.3, -0.25) is 4.98 Å². The van der Waals surface area contributed by atoms with Crippen LogP contribution in [0, 0.1) is 0 Å². The molecule has 0 N–H and O–H groups in total. The van der Waals surface area contributed by atoms with E-state index in [1.165, 1.54) is 65.4 Å². The SMILES string of the molecule is c1ccc(-c2ccc3c4ccc5ccnc6c7cc8ccccc8cc7n(c3c2)c4c56)cc1. The summed E-state index contributed by atoms with van der Waals surface area (Å²) < 4.78 is 2.47. The zero-order valence-electron chi connectivity index (χ0n) is 17.8. The second-order valence-electron chi connectivity index (χ2n) is 8.87. The Bertz CT molecular complexity index is 2010. The predicted molar refractivity (Wildman–Crippen MR) is 139 cm³/mol. The number of fused-ring (bicyclic) bond motifs is 7. The van der Waals surface area contributed by atoms with Crippen LogP contribution in [0.15, 0.2) is 109 Å². The molecule has 0 aliphatic rings. The third-order valence-corrected chi connectivity index (χ3v) is 7.12. The molecule has 0 fully saturated rings. The van der Waals surface area contributed by atoms with Crippen molar-refractivity contribution in [3.63, 3.8) is 0 Å². The first-order chi connectivity index (χ1) is 16.4. The Kier molecular flexibility index (Phi) is 3.16. The lowest BCUT2D eigenvalue weighted by Gasteiger charge is -2.13. The van der Waals surface area contributed by atoms with Crippen molar-refractivity contribution in [2.24, 2.45) is 0 Å². The average Bonchev–Trinajstić information content (AvgIpc) is 3.22. The van der Waals surface area contributed by atoms with E-state index in [0.717, 1.165) is 5.52 Å². The van der Waals surface area contributed by atoms with Crippen molar-refractivity contribution in [3.05, 3.63) is 109 Å². The molecule has 3 aromatic heterocycles. The summed E-state index contributed by atoms with van der Waals surface area (Å²) in [4.78, 5) is 4.89. The summed E-state index contributed by atoms with van der Waals surface area (Å²) in [6.45, 7) is 0. The number of rotatable bonds is 1. The maximum atomic E-state index is 4.89. The van der Waals surface area contributed by atoms with Crippen molar-refractivity contribution >= 4 is 59.8 Å². The highest BCUT2D eigenvalue weighted by Gasteiger charge is 2.19. The Morgan fingerprint density at radius 2 is 1.27 bits per heavy atom. The molecule has 0 aliphatic carbocycles. The van der Waals surface area contributed by atoms with E-state index in [9.17, 15) is 0 Å². The lowest BCUT2D eigenvalue weighted by atomic mass is 10.0. The van der Waals surface area contributed by atoms with Gasteiger partial charge >= 0.3 is 0 Å². The molecule has 5 aromatic carbocycles. The van der Waals surface area contributed by atoms with Crippen molar-refractivity contribution in [3.8, 4) is 11.1 Å². The van der Waals surface area contributed by atoms with Crippen LogP contribution in [0.3, 0.4) is 0 Å². The number of hydrogen-bond donors (Lipinski definition) is 0. The minimum atomic E-state index is 1.08. The molecule has 0 spiro atoms. The molecule has 0 aliphatic heterocycles. The van der Waals surface area contributed by atoms with Crippen molar-refractivity contribution in [2.45, 2.75) is 0 Å². The van der Waals surface area contributed by atoms with Crippen LogP contribution in [-0.2, 0) is 0 Å². The monoisotopic (exact) mass is 418 g/mol. The van der Waals surface area contributed by atoms with Crippen LogP contribution < -0.4 is 0 Å². The molecule has 8 aromatic rings. The van der Waals surface area contributed by atoms with Crippen LogP contribution in [0.1, 0.15) is 0 Å². The quantitative estimate of drug-likeness (QED) is 0.194. The second kappa shape index (κ2) is 6.08. The van der Waals surface area contributed by atoms with E-state index in [1.807, 2.05) is 6.20 Å². The summed E-state index contributed by atoms with van der Waals surface area (Å²) >= 11 is 0. The van der Waals surface area contributed by atoms with E-state index in [0.29, 0.717) is 0 Å². The highest BCUT2D eigenvalue weighted by atomic mass is 14.9. The maximum Gasteiger partial charge on any atom is 0.0822 e. The van der Waals surface area contributed by atoms with Crippen LogP contribution in [0.4, 0.5) is 0 Å². The molecule has 2 nitrogen and oxygen atoms in total. The largest absolute Gasteiger partial charge is 0.308 e. The molecule has 2 heteroatoms. The molecule has 0 atom stereocenters. The summed E-state index contributed by atoms with van der Waals surface area (Å²) in [6.07, 6.45) is 1.94. The van der Waals surface area contributed by atoms with E-state index in [1.54, 1.807) is 0 Å². The standard InChI is InChI=1S/C31H18N2/c1-2-6-19(7-3-1)23-11-12-24-25-13-10-20-14-15-32-30-26-16-21-8-4-5-9-22(21)17-28(26)33(27(24)18-23)31(25)29(20)30/h1-18H. The smallest absolute Gasteiger partial charge is 0.0822 e. The van der Waals surface area contributed by atoms with Crippen LogP contribution in [0.5, 0.6) is 0 Å². The van der Waals surface area contributed by atoms with Crippen LogP contribution in [-0.4, -0.2) is 9.38 Å². The van der Waals surface area contributed by atoms with Crippen molar-refractivity contribution in [1.82, 2.24) is 9.38 Å². The fourth-order valence-corrected chi connectivity index (χ4v) is 5.63. The highest BCUT2D eigenvalue weighted by Crippen LogP contribution is 2.42. The lowest BCUT2D eigenvalue weighted by molar-refractivity contribution is 1.34. The first kappa shape index (κ1) is 17.2. The Balaban J connectivity index is 1.68. The zero-order chi connectivity index (χ0) is 21.5. The molecule has 0 bridgehead atoms. The maximum absolute atomic E-state index is 4.89. The molecule has 0 unspecified atom stereocenters.